The summed E-state index contributed by atoms with van der Waals surface area (Å²) in [5.74, 6) is -0.451. The van der Waals surface area contributed by atoms with Crippen LogP contribution < -0.4 is 16.0 Å². The van der Waals surface area contributed by atoms with E-state index in [1.54, 1.807) is 41.3 Å². The fraction of sp³-hybridized carbons (Fsp3) is 0.105. The van der Waals surface area contributed by atoms with Gasteiger partial charge in [0.1, 0.15) is 0 Å². The smallest absolute Gasteiger partial charge is 0.321 e. The third-order valence-electron chi connectivity index (χ3n) is 3.70. The maximum Gasteiger partial charge on any atom is 0.321 e. The first-order valence-electron chi connectivity index (χ1n) is 8.27. The molecule has 2 aromatic carbocycles. The van der Waals surface area contributed by atoms with E-state index in [1.807, 2.05) is 30.3 Å². The SMILES string of the molecule is O=C(CNc1ccc(-n2cccn2)c(Cl)c1)NC(=O)NCc1ccccc1. The average Bonchev–Trinajstić information content (AvgIpc) is 3.20. The molecular formula is C19H18ClN5O2. The number of halogens is 1. The number of anilines is 1. The summed E-state index contributed by atoms with van der Waals surface area (Å²) >= 11 is 6.25. The van der Waals surface area contributed by atoms with Crippen LogP contribution in [0.1, 0.15) is 5.56 Å². The van der Waals surface area contributed by atoms with Crippen molar-refractivity contribution >= 4 is 29.2 Å². The van der Waals surface area contributed by atoms with Gasteiger partial charge in [-0.3, -0.25) is 10.1 Å². The van der Waals surface area contributed by atoms with Gasteiger partial charge in [0.15, 0.2) is 0 Å². The predicted molar refractivity (Wildman–Crippen MR) is 104 cm³/mol. The fourth-order valence-corrected chi connectivity index (χ4v) is 2.66. The van der Waals surface area contributed by atoms with Crippen molar-refractivity contribution in [1.29, 1.82) is 0 Å². The number of carbonyl (C=O) groups excluding carboxylic acids is 2. The van der Waals surface area contributed by atoms with Gasteiger partial charge in [0.05, 0.1) is 17.3 Å². The first kappa shape index (κ1) is 18.5. The highest BCUT2D eigenvalue weighted by Gasteiger charge is 2.09. The molecule has 1 aromatic heterocycles. The van der Waals surface area contributed by atoms with Gasteiger partial charge in [0.2, 0.25) is 5.91 Å². The van der Waals surface area contributed by atoms with Crippen molar-refractivity contribution in [1.82, 2.24) is 20.4 Å². The molecular weight excluding hydrogens is 366 g/mol. The summed E-state index contributed by atoms with van der Waals surface area (Å²) in [7, 11) is 0. The highest BCUT2D eigenvalue weighted by atomic mass is 35.5. The second kappa shape index (κ2) is 8.86. The van der Waals surface area contributed by atoms with Gasteiger partial charge in [-0.2, -0.15) is 5.10 Å². The van der Waals surface area contributed by atoms with E-state index in [0.717, 1.165) is 11.3 Å². The number of urea groups is 1. The third kappa shape index (κ3) is 5.32. The Morgan fingerprint density at radius 2 is 1.89 bits per heavy atom. The normalized spacial score (nSPS) is 10.3. The summed E-state index contributed by atoms with van der Waals surface area (Å²) in [6.07, 6.45) is 3.45. The van der Waals surface area contributed by atoms with Gasteiger partial charge in [0, 0.05) is 24.6 Å². The molecule has 0 saturated heterocycles. The molecule has 0 atom stereocenters. The number of hydrogen-bond donors (Lipinski definition) is 3. The van der Waals surface area contributed by atoms with Crippen molar-refractivity contribution in [2.24, 2.45) is 0 Å². The van der Waals surface area contributed by atoms with Crippen molar-refractivity contribution in [2.45, 2.75) is 6.54 Å². The number of imide groups is 1. The van der Waals surface area contributed by atoms with E-state index in [2.05, 4.69) is 21.0 Å². The molecule has 8 heteroatoms. The van der Waals surface area contributed by atoms with E-state index in [4.69, 9.17) is 11.6 Å². The maximum atomic E-state index is 11.9. The zero-order valence-corrected chi connectivity index (χ0v) is 15.1. The highest BCUT2D eigenvalue weighted by molar-refractivity contribution is 6.32. The zero-order valence-electron chi connectivity index (χ0n) is 14.4. The lowest BCUT2D eigenvalue weighted by atomic mass is 10.2. The Hall–Kier alpha value is -3.32. The monoisotopic (exact) mass is 383 g/mol. The zero-order chi connectivity index (χ0) is 19.1. The van der Waals surface area contributed by atoms with E-state index in [0.29, 0.717) is 17.3 Å². The second-order valence-corrected chi connectivity index (χ2v) is 6.09. The standard InChI is InChI=1S/C19H18ClN5O2/c20-16-11-15(7-8-17(16)25-10-4-9-23-25)21-13-18(26)24-19(27)22-12-14-5-2-1-3-6-14/h1-11,21H,12-13H2,(H2,22,24,26,27). The Labute approximate surface area is 161 Å². The van der Waals surface area contributed by atoms with Gasteiger partial charge < -0.3 is 10.6 Å². The molecule has 27 heavy (non-hydrogen) atoms. The van der Waals surface area contributed by atoms with Crippen LogP contribution in [0, 0.1) is 0 Å². The van der Waals surface area contributed by atoms with Crippen LogP contribution in [-0.4, -0.2) is 28.3 Å². The molecule has 0 radical (unpaired) electrons. The summed E-state index contributed by atoms with van der Waals surface area (Å²) in [6, 6.07) is 16.0. The number of nitrogens with zero attached hydrogens (tertiary/aromatic N) is 2. The first-order chi connectivity index (χ1) is 13.1. The molecule has 3 amide bonds. The van der Waals surface area contributed by atoms with Crippen LogP contribution in [0.15, 0.2) is 67.0 Å². The minimum Gasteiger partial charge on any atom is -0.376 e. The van der Waals surface area contributed by atoms with Gasteiger partial charge >= 0.3 is 6.03 Å². The first-order valence-corrected chi connectivity index (χ1v) is 8.64. The number of amides is 3. The predicted octanol–water partition coefficient (Wildman–Crippen LogP) is 2.96. The summed E-state index contributed by atoms with van der Waals surface area (Å²) in [5, 5.41) is 12.4. The van der Waals surface area contributed by atoms with Crippen LogP contribution in [0.4, 0.5) is 10.5 Å². The second-order valence-electron chi connectivity index (χ2n) is 5.69. The molecule has 0 saturated carbocycles. The summed E-state index contributed by atoms with van der Waals surface area (Å²) in [4.78, 5) is 23.7. The van der Waals surface area contributed by atoms with Gasteiger partial charge in [0.25, 0.3) is 0 Å². The Morgan fingerprint density at radius 3 is 2.59 bits per heavy atom. The molecule has 3 N–H and O–H groups in total. The molecule has 0 aliphatic carbocycles. The summed E-state index contributed by atoms with van der Waals surface area (Å²) in [5.41, 5.74) is 2.35. The largest absolute Gasteiger partial charge is 0.376 e. The molecule has 0 aliphatic heterocycles. The van der Waals surface area contributed by atoms with Crippen molar-refractivity contribution in [3.63, 3.8) is 0 Å². The molecule has 0 fully saturated rings. The lowest BCUT2D eigenvalue weighted by Crippen LogP contribution is -2.41. The topological polar surface area (TPSA) is 88.1 Å². The van der Waals surface area contributed by atoms with Crippen LogP contribution in [-0.2, 0) is 11.3 Å². The van der Waals surface area contributed by atoms with Gasteiger partial charge in [-0.25, -0.2) is 9.48 Å². The molecule has 0 bridgehead atoms. The Morgan fingerprint density at radius 1 is 1.07 bits per heavy atom. The van der Waals surface area contributed by atoms with Crippen LogP contribution in [0.5, 0.6) is 0 Å². The fourth-order valence-electron chi connectivity index (χ4n) is 2.39. The number of rotatable bonds is 6. The Balaban J connectivity index is 1.46. The Kier molecular flexibility index (Phi) is 6.06. The molecule has 0 aliphatic rings. The number of benzene rings is 2. The van der Waals surface area contributed by atoms with Gasteiger partial charge in [-0.1, -0.05) is 41.9 Å². The minimum absolute atomic E-state index is 0.0593. The lowest BCUT2D eigenvalue weighted by Gasteiger charge is -2.10. The van der Waals surface area contributed by atoms with Crippen molar-refractivity contribution in [3.05, 3.63) is 77.6 Å². The summed E-state index contributed by atoms with van der Waals surface area (Å²) < 4.78 is 1.65. The van der Waals surface area contributed by atoms with E-state index in [-0.39, 0.29) is 6.54 Å². The minimum atomic E-state index is -0.544. The number of aromatic nitrogens is 2. The molecule has 138 valence electrons. The van der Waals surface area contributed by atoms with Crippen LogP contribution in [0.25, 0.3) is 5.69 Å². The van der Waals surface area contributed by atoms with E-state index < -0.39 is 11.9 Å². The van der Waals surface area contributed by atoms with Gasteiger partial charge in [-0.05, 0) is 29.8 Å². The number of carbonyl (C=O) groups is 2. The quantitative estimate of drug-likeness (QED) is 0.610. The third-order valence-corrected chi connectivity index (χ3v) is 4.00. The molecule has 3 rings (SSSR count). The molecule has 1 heterocycles. The number of hydrogen-bond acceptors (Lipinski definition) is 4. The maximum absolute atomic E-state index is 11.9. The lowest BCUT2D eigenvalue weighted by molar-refractivity contribution is -0.118. The Bertz CT molecular complexity index is 913. The molecule has 7 nitrogen and oxygen atoms in total. The van der Waals surface area contributed by atoms with E-state index in [1.165, 1.54) is 0 Å². The molecule has 3 aromatic rings. The van der Waals surface area contributed by atoms with Crippen molar-refractivity contribution in [3.8, 4) is 5.69 Å². The average molecular weight is 384 g/mol. The van der Waals surface area contributed by atoms with E-state index >= 15 is 0 Å². The number of nitrogens with one attached hydrogen (secondary N) is 3. The molecule has 0 spiro atoms. The summed E-state index contributed by atoms with van der Waals surface area (Å²) in [6.45, 7) is 0.286. The van der Waals surface area contributed by atoms with Crippen molar-refractivity contribution in [2.75, 3.05) is 11.9 Å². The van der Waals surface area contributed by atoms with Crippen LogP contribution in [0.3, 0.4) is 0 Å². The molecule has 0 unspecified atom stereocenters. The highest BCUT2D eigenvalue weighted by Crippen LogP contribution is 2.23. The van der Waals surface area contributed by atoms with E-state index in [9.17, 15) is 9.59 Å². The van der Waals surface area contributed by atoms with Gasteiger partial charge in [-0.15, -0.1) is 0 Å². The van der Waals surface area contributed by atoms with Crippen molar-refractivity contribution < 1.29 is 9.59 Å². The van der Waals surface area contributed by atoms with Crippen LogP contribution in [0.2, 0.25) is 5.02 Å². The van der Waals surface area contributed by atoms with Crippen LogP contribution >= 0.6 is 11.6 Å².